The number of benzene rings is 4. The van der Waals surface area contributed by atoms with Crippen molar-refractivity contribution in [1.29, 1.82) is 0 Å². The lowest BCUT2D eigenvalue weighted by atomic mass is 10.1. The van der Waals surface area contributed by atoms with E-state index in [4.69, 9.17) is 5.11 Å². The second-order valence-electron chi connectivity index (χ2n) is 9.71. The van der Waals surface area contributed by atoms with Crippen LogP contribution < -0.4 is 10.6 Å². The van der Waals surface area contributed by atoms with Gasteiger partial charge in [-0.25, -0.2) is 4.79 Å². The molecule has 9 heteroatoms. The Morgan fingerprint density at radius 1 is 0.643 bits per heavy atom. The number of amides is 2. The van der Waals surface area contributed by atoms with Crippen LogP contribution in [-0.2, 0) is 22.4 Å². The first-order valence-corrected chi connectivity index (χ1v) is 13.3. The normalized spacial score (nSPS) is 10.2. The standard InChI is InChI=1S/C17H17NO4.C16H17NO3/c1-11-6-8-14(13(10-11)17(21)22)18-16(20)9-7-12-4-2-3-5-15(12)19;1-11-6-8-13(18)10-14(11)17-16(20)9-7-12-4-2-3-5-15(12)19/h2-6,8,10,19H,7,9H2,1H3,(H,18,20)(H,21,22);2-6,8,10,18-19H,7,9H2,1H3,(H,17,20). The number of para-hydroxylation sites is 2. The Morgan fingerprint density at radius 3 is 1.69 bits per heavy atom. The van der Waals surface area contributed by atoms with E-state index in [1.165, 1.54) is 12.1 Å². The average Bonchev–Trinajstić information content (AvgIpc) is 2.95. The van der Waals surface area contributed by atoms with Crippen LogP contribution in [0.1, 0.15) is 45.5 Å². The van der Waals surface area contributed by atoms with Crippen LogP contribution in [0.4, 0.5) is 11.4 Å². The molecular formula is C33H34N2O7. The highest BCUT2D eigenvalue weighted by molar-refractivity contribution is 6.00. The Morgan fingerprint density at radius 2 is 1.17 bits per heavy atom. The second-order valence-corrected chi connectivity index (χ2v) is 9.71. The lowest BCUT2D eigenvalue weighted by molar-refractivity contribution is -0.117. The molecule has 0 saturated heterocycles. The zero-order valence-corrected chi connectivity index (χ0v) is 23.4. The Labute approximate surface area is 244 Å². The first-order valence-electron chi connectivity index (χ1n) is 13.3. The van der Waals surface area contributed by atoms with Gasteiger partial charge >= 0.3 is 5.97 Å². The van der Waals surface area contributed by atoms with E-state index < -0.39 is 5.97 Å². The second kappa shape index (κ2) is 14.9. The van der Waals surface area contributed by atoms with E-state index in [1.807, 2.05) is 13.0 Å². The summed E-state index contributed by atoms with van der Waals surface area (Å²) in [6.07, 6.45) is 1.28. The number of carbonyl (C=O) groups is 3. The number of rotatable bonds is 9. The van der Waals surface area contributed by atoms with Crippen LogP contribution in [0.25, 0.3) is 0 Å². The molecule has 4 rings (SSSR count). The van der Waals surface area contributed by atoms with E-state index in [-0.39, 0.29) is 53.2 Å². The van der Waals surface area contributed by atoms with E-state index >= 15 is 0 Å². The minimum absolute atomic E-state index is 0.0657. The Kier molecular flexibility index (Phi) is 11.1. The minimum atomic E-state index is -1.08. The van der Waals surface area contributed by atoms with Crippen molar-refractivity contribution in [2.24, 2.45) is 0 Å². The molecule has 6 N–H and O–H groups in total. The van der Waals surface area contributed by atoms with Crippen molar-refractivity contribution < 1.29 is 34.8 Å². The summed E-state index contributed by atoms with van der Waals surface area (Å²) in [7, 11) is 0. The van der Waals surface area contributed by atoms with Crippen molar-refractivity contribution in [1.82, 2.24) is 0 Å². The molecular weight excluding hydrogens is 536 g/mol. The van der Waals surface area contributed by atoms with Gasteiger partial charge in [0.2, 0.25) is 11.8 Å². The molecule has 0 aliphatic rings. The van der Waals surface area contributed by atoms with Gasteiger partial charge in [-0.05, 0) is 73.7 Å². The van der Waals surface area contributed by atoms with Crippen LogP contribution in [0.15, 0.2) is 84.9 Å². The molecule has 0 fully saturated rings. The molecule has 0 spiro atoms. The molecule has 9 nitrogen and oxygen atoms in total. The number of carboxylic acids is 1. The Hall–Kier alpha value is -5.31. The van der Waals surface area contributed by atoms with Gasteiger partial charge in [0, 0.05) is 24.6 Å². The number of aromatic carboxylic acids is 1. The van der Waals surface area contributed by atoms with Crippen molar-refractivity contribution in [2.75, 3.05) is 10.6 Å². The van der Waals surface area contributed by atoms with E-state index in [9.17, 15) is 29.7 Å². The first kappa shape index (κ1) is 31.2. The van der Waals surface area contributed by atoms with Gasteiger partial charge in [-0.1, -0.05) is 54.1 Å². The fraction of sp³-hybridized carbons (Fsp3) is 0.182. The third kappa shape index (κ3) is 9.41. The van der Waals surface area contributed by atoms with Crippen LogP contribution in [0.5, 0.6) is 17.2 Å². The molecule has 0 saturated carbocycles. The number of carboxylic acid groups (broad SMARTS) is 1. The van der Waals surface area contributed by atoms with E-state index in [2.05, 4.69) is 10.6 Å². The van der Waals surface area contributed by atoms with Gasteiger partial charge in [0.05, 0.1) is 11.3 Å². The van der Waals surface area contributed by atoms with E-state index in [0.29, 0.717) is 24.1 Å². The zero-order valence-electron chi connectivity index (χ0n) is 23.4. The molecule has 0 atom stereocenters. The highest BCUT2D eigenvalue weighted by atomic mass is 16.4. The fourth-order valence-corrected chi connectivity index (χ4v) is 4.05. The summed E-state index contributed by atoms with van der Waals surface area (Å²) in [5.74, 6) is -1.06. The monoisotopic (exact) mass is 570 g/mol. The van der Waals surface area contributed by atoms with Gasteiger partial charge in [-0.15, -0.1) is 0 Å². The molecule has 218 valence electrons. The van der Waals surface area contributed by atoms with Crippen LogP contribution in [0.3, 0.4) is 0 Å². The molecule has 0 aliphatic heterocycles. The summed E-state index contributed by atoms with van der Waals surface area (Å²) in [4.78, 5) is 35.1. The molecule has 4 aromatic carbocycles. The molecule has 0 aromatic heterocycles. The lowest BCUT2D eigenvalue weighted by Gasteiger charge is -2.09. The summed E-state index contributed by atoms with van der Waals surface area (Å²) in [6.45, 7) is 3.65. The predicted molar refractivity (Wildman–Crippen MR) is 161 cm³/mol. The van der Waals surface area contributed by atoms with Gasteiger partial charge in [-0.3, -0.25) is 9.59 Å². The smallest absolute Gasteiger partial charge is 0.337 e. The highest BCUT2D eigenvalue weighted by Gasteiger charge is 2.13. The molecule has 42 heavy (non-hydrogen) atoms. The number of nitrogens with one attached hydrogen (secondary N) is 2. The van der Waals surface area contributed by atoms with Gasteiger partial charge < -0.3 is 31.1 Å². The summed E-state index contributed by atoms with van der Waals surface area (Å²) >= 11 is 0. The zero-order chi connectivity index (χ0) is 30.6. The Bertz CT molecular complexity index is 1570. The van der Waals surface area contributed by atoms with Gasteiger partial charge in [0.15, 0.2) is 0 Å². The lowest BCUT2D eigenvalue weighted by Crippen LogP contribution is -2.15. The van der Waals surface area contributed by atoms with E-state index in [0.717, 1.165) is 16.7 Å². The Balaban J connectivity index is 0.000000231. The minimum Gasteiger partial charge on any atom is -0.508 e. The largest absolute Gasteiger partial charge is 0.508 e. The van der Waals surface area contributed by atoms with Gasteiger partial charge in [0.1, 0.15) is 17.2 Å². The molecule has 0 bridgehead atoms. The predicted octanol–water partition coefficient (Wildman–Crippen LogP) is 5.95. The number of phenols is 3. The van der Waals surface area contributed by atoms with Crippen LogP contribution in [-0.4, -0.2) is 38.2 Å². The molecule has 2 amide bonds. The third-order valence-electron chi connectivity index (χ3n) is 6.40. The van der Waals surface area contributed by atoms with Crippen molar-refractivity contribution in [2.45, 2.75) is 39.5 Å². The topological polar surface area (TPSA) is 156 Å². The summed E-state index contributed by atoms with van der Waals surface area (Å²) in [5, 5.41) is 43.2. The summed E-state index contributed by atoms with van der Waals surface area (Å²) in [6, 6.07) is 23.5. The number of aromatic hydroxyl groups is 3. The molecule has 0 heterocycles. The van der Waals surface area contributed by atoms with Crippen LogP contribution in [0.2, 0.25) is 0 Å². The summed E-state index contributed by atoms with van der Waals surface area (Å²) in [5.41, 5.74) is 4.07. The SMILES string of the molecule is Cc1ccc(NC(=O)CCc2ccccc2O)c(C(=O)O)c1.Cc1ccc(O)cc1NC(=O)CCc1ccccc1O. The number of anilines is 2. The molecule has 4 aromatic rings. The first-order chi connectivity index (χ1) is 20.0. The number of hydrogen-bond donors (Lipinski definition) is 6. The number of hydrogen-bond acceptors (Lipinski definition) is 6. The quantitative estimate of drug-likeness (QED) is 0.145. The number of aryl methyl sites for hydroxylation is 4. The van der Waals surface area contributed by atoms with Crippen molar-refractivity contribution >= 4 is 29.2 Å². The van der Waals surface area contributed by atoms with Crippen molar-refractivity contribution in [3.8, 4) is 17.2 Å². The molecule has 0 radical (unpaired) electrons. The summed E-state index contributed by atoms with van der Waals surface area (Å²) < 4.78 is 0. The number of phenolic OH excluding ortho intramolecular Hbond substituents is 3. The van der Waals surface area contributed by atoms with Crippen molar-refractivity contribution in [3.63, 3.8) is 0 Å². The maximum absolute atomic E-state index is 12.0. The maximum atomic E-state index is 12.0. The van der Waals surface area contributed by atoms with E-state index in [1.54, 1.807) is 73.7 Å². The van der Waals surface area contributed by atoms with Crippen LogP contribution >= 0.6 is 0 Å². The average molecular weight is 571 g/mol. The van der Waals surface area contributed by atoms with Gasteiger partial charge in [-0.2, -0.15) is 0 Å². The molecule has 0 unspecified atom stereocenters. The van der Waals surface area contributed by atoms with Crippen LogP contribution in [0, 0.1) is 13.8 Å². The highest BCUT2D eigenvalue weighted by Crippen LogP contribution is 2.23. The third-order valence-corrected chi connectivity index (χ3v) is 6.40. The number of carbonyl (C=O) groups excluding carboxylic acids is 2. The maximum Gasteiger partial charge on any atom is 0.337 e. The molecule has 0 aliphatic carbocycles. The fourth-order valence-electron chi connectivity index (χ4n) is 4.05. The van der Waals surface area contributed by atoms with Crippen molar-refractivity contribution in [3.05, 3.63) is 113 Å². The van der Waals surface area contributed by atoms with Gasteiger partial charge in [0.25, 0.3) is 0 Å².